The molecule has 0 spiro atoms. The first kappa shape index (κ1) is 16.9. The first-order valence-electron chi connectivity index (χ1n) is 6.02. The van der Waals surface area contributed by atoms with Crippen LogP contribution in [0.3, 0.4) is 0 Å². The van der Waals surface area contributed by atoms with E-state index >= 15 is 0 Å². The van der Waals surface area contributed by atoms with Crippen molar-refractivity contribution in [3.63, 3.8) is 0 Å². The van der Waals surface area contributed by atoms with Crippen molar-refractivity contribution >= 4 is 26.5 Å². The van der Waals surface area contributed by atoms with E-state index in [1.54, 1.807) is 13.2 Å². The number of anilines is 1. The number of ether oxygens (including phenoxy) is 1. The number of benzene rings is 1. The van der Waals surface area contributed by atoms with Gasteiger partial charge in [0.05, 0.1) is 17.7 Å². The second kappa shape index (κ2) is 7.05. The van der Waals surface area contributed by atoms with Gasteiger partial charge in [0, 0.05) is 34.9 Å². The summed E-state index contributed by atoms with van der Waals surface area (Å²) >= 11 is 0. The molecule has 1 aromatic carbocycles. The van der Waals surface area contributed by atoms with Gasteiger partial charge in [-0.1, -0.05) is 0 Å². The Morgan fingerprint density at radius 1 is 1.45 bits per heavy atom. The second-order valence-electron chi connectivity index (χ2n) is 4.49. The molecule has 3 N–H and O–H groups in total. The molecule has 2 atom stereocenters. The maximum absolute atomic E-state index is 12.2. The fourth-order valence-electron chi connectivity index (χ4n) is 1.59. The van der Waals surface area contributed by atoms with E-state index in [1.807, 2.05) is 0 Å². The molecule has 2 unspecified atom stereocenters. The zero-order valence-corrected chi connectivity index (χ0v) is 13.4. The third-order valence-corrected chi connectivity index (χ3v) is 5.11. The molecule has 114 valence electrons. The number of methoxy groups -OCH3 is 1. The summed E-state index contributed by atoms with van der Waals surface area (Å²) in [5.74, 6) is 0.768. The predicted molar refractivity (Wildman–Crippen MR) is 80.7 cm³/mol. The number of nitrogen functional groups attached to an aromatic ring is 1. The van der Waals surface area contributed by atoms with Crippen LogP contribution in [-0.4, -0.2) is 37.8 Å². The third-order valence-electron chi connectivity index (χ3n) is 2.71. The zero-order chi connectivity index (χ0) is 15.3. The average molecular weight is 320 g/mol. The Morgan fingerprint density at radius 3 is 2.65 bits per heavy atom. The van der Waals surface area contributed by atoms with E-state index in [9.17, 15) is 12.6 Å². The lowest BCUT2D eigenvalue weighted by Gasteiger charge is -2.14. The van der Waals surface area contributed by atoms with Gasteiger partial charge in [-0.2, -0.15) is 0 Å². The average Bonchev–Trinajstić information content (AvgIpc) is 2.36. The van der Waals surface area contributed by atoms with Gasteiger partial charge in [-0.05, 0) is 25.5 Å². The molecule has 0 saturated carbocycles. The van der Waals surface area contributed by atoms with Gasteiger partial charge < -0.3 is 10.5 Å². The van der Waals surface area contributed by atoms with Gasteiger partial charge in [0.2, 0.25) is 10.0 Å². The number of rotatable bonds is 7. The van der Waals surface area contributed by atoms with Gasteiger partial charge in [0.1, 0.15) is 5.75 Å². The van der Waals surface area contributed by atoms with Gasteiger partial charge in [0.25, 0.3) is 0 Å². The lowest BCUT2D eigenvalue weighted by molar-refractivity contribution is 0.415. The minimum Gasteiger partial charge on any atom is -0.495 e. The fraction of sp³-hybridized carbons (Fsp3) is 0.500. The van der Waals surface area contributed by atoms with E-state index < -0.39 is 20.8 Å². The molecule has 0 aromatic heterocycles. The van der Waals surface area contributed by atoms with Crippen molar-refractivity contribution in [1.82, 2.24) is 4.72 Å². The first-order valence-corrected chi connectivity index (χ1v) is 9.23. The van der Waals surface area contributed by atoms with E-state index in [1.165, 1.54) is 25.3 Å². The molecule has 0 radical (unpaired) electrons. The highest BCUT2D eigenvalue weighted by molar-refractivity contribution is 7.89. The molecule has 0 aliphatic heterocycles. The molecule has 6 nitrogen and oxygen atoms in total. The fourth-order valence-corrected chi connectivity index (χ4v) is 3.57. The van der Waals surface area contributed by atoms with Crippen molar-refractivity contribution < 1.29 is 17.4 Å². The molecule has 0 aliphatic rings. The van der Waals surface area contributed by atoms with Gasteiger partial charge in [-0.25, -0.2) is 13.1 Å². The summed E-state index contributed by atoms with van der Waals surface area (Å²) in [6, 6.07) is 3.99. The number of sulfonamides is 1. The van der Waals surface area contributed by atoms with Crippen LogP contribution in [-0.2, 0) is 20.8 Å². The van der Waals surface area contributed by atoms with Gasteiger partial charge in [0.15, 0.2) is 0 Å². The van der Waals surface area contributed by atoms with Crippen LogP contribution in [0.1, 0.15) is 13.3 Å². The predicted octanol–water partition coefficient (Wildman–Crippen LogP) is 0.713. The standard InChI is InChI=1S/C12H20N2O4S2/c1-9(6-7-19(3)15)14-20(16,17)10-4-5-11(13)12(8-10)18-2/h4-5,8-9,14H,6-7,13H2,1-3H3. The summed E-state index contributed by atoms with van der Waals surface area (Å²) in [6.45, 7) is 1.74. The summed E-state index contributed by atoms with van der Waals surface area (Å²) in [7, 11) is -3.15. The van der Waals surface area contributed by atoms with Crippen molar-refractivity contribution in [3.8, 4) is 5.75 Å². The second-order valence-corrected chi connectivity index (χ2v) is 7.76. The van der Waals surface area contributed by atoms with Crippen LogP contribution in [0.15, 0.2) is 23.1 Å². The number of nitrogens with two attached hydrogens (primary N) is 1. The lowest BCUT2D eigenvalue weighted by atomic mass is 10.3. The van der Waals surface area contributed by atoms with Crippen LogP contribution in [0, 0.1) is 0 Å². The van der Waals surface area contributed by atoms with E-state index in [2.05, 4.69) is 4.72 Å². The molecule has 0 fully saturated rings. The minimum atomic E-state index is -3.64. The van der Waals surface area contributed by atoms with Gasteiger partial charge >= 0.3 is 0 Å². The highest BCUT2D eigenvalue weighted by Crippen LogP contribution is 2.24. The van der Waals surface area contributed by atoms with Crippen molar-refractivity contribution in [2.24, 2.45) is 0 Å². The van der Waals surface area contributed by atoms with Crippen LogP contribution in [0.2, 0.25) is 0 Å². The number of hydrogen-bond donors (Lipinski definition) is 2. The van der Waals surface area contributed by atoms with Crippen LogP contribution in [0.5, 0.6) is 5.75 Å². The molecular weight excluding hydrogens is 300 g/mol. The minimum absolute atomic E-state index is 0.0908. The smallest absolute Gasteiger partial charge is 0.240 e. The topological polar surface area (TPSA) is 98.5 Å². The number of hydrogen-bond acceptors (Lipinski definition) is 5. The van der Waals surface area contributed by atoms with E-state index in [4.69, 9.17) is 10.5 Å². The van der Waals surface area contributed by atoms with E-state index in [0.29, 0.717) is 23.6 Å². The Hall–Kier alpha value is -1.12. The van der Waals surface area contributed by atoms with E-state index in [0.717, 1.165) is 0 Å². The van der Waals surface area contributed by atoms with Crippen molar-refractivity contribution in [2.45, 2.75) is 24.3 Å². The highest BCUT2D eigenvalue weighted by atomic mass is 32.2. The normalized spacial score (nSPS) is 14.8. The van der Waals surface area contributed by atoms with Gasteiger partial charge in [-0.3, -0.25) is 4.21 Å². The maximum Gasteiger partial charge on any atom is 0.240 e. The van der Waals surface area contributed by atoms with Gasteiger partial charge in [-0.15, -0.1) is 0 Å². The summed E-state index contributed by atoms with van der Waals surface area (Å²) in [5.41, 5.74) is 6.03. The third kappa shape index (κ3) is 4.77. The molecule has 0 aliphatic carbocycles. The largest absolute Gasteiger partial charge is 0.495 e. The van der Waals surface area contributed by atoms with E-state index in [-0.39, 0.29) is 10.9 Å². The molecule has 1 aromatic rings. The van der Waals surface area contributed by atoms with Crippen LogP contribution < -0.4 is 15.2 Å². The monoisotopic (exact) mass is 320 g/mol. The molecular formula is C12H20N2O4S2. The SMILES string of the molecule is COc1cc(S(=O)(=O)NC(C)CCS(C)=O)ccc1N. The van der Waals surface area contributed by atoms with Crippen molar-refractivity contribution in [3.05, 3.63) is 18.2 Å². The van der Waals surface area contributed by atoms with Crippen molar-refractivity contribution in [2.75, 3.05) is 24.9 Å². The Labute approximate surface area is 122 Å². The zero-order valence-electron chi connectivity index (χ0n) is 11.8. The molecule has 0 heterocycles. The first-order chi connectivity index (χ1) is 9.26. The Morgan fingerprint density at radius 2 is 2.10 bits per heavy atom. The Kier molecular flexibility index (Phi) is 5.97. The summed E-state index contributed by atoms with van der Waals surface area (Å²) < 4.78 is 42.9. The Bertz CT molecular complexity index is 587. The van der Waals surface area contributed by atoms with Crippen molar-refractivity contribution in [1.29, 1.82) is 0 Å². The van der Waals surface area contributed by atoms with Crippen LogP contribution >= 0.6 is 0 Å². The molecule has 0 amide bonds. The summed E-state index contributed by atoms with van der Waals surface area (Å²) in [4.78, 5) is 0.0908. The molecule has 20 heavy (non-hydrogen) atoms. The van der Waals surface area contributed by atoms with Crippen LogP contribution in [0.4, 0.5) is 5.69 Å². The maximum atomic E-state index is 12.2. The molecule has 0 saturated heterocycles. The molecule has 8 heteroatoms. The summed E-state index contributed by atoms with van der Waals surface area (Å²) in [5, 5.41) is 0. The quantitative estimate of drug-likeness (QED) is 0.721. The van der Waals surface area contributed by atoms with Crippen LogP contribution in [0.25, 0.3) is 0 Å². The lowest BCUT2D eigenvalue weighted by Crippen LogP contribution is -2.33. The molecule has 1 rings (SSSR count). The molecule has 0 bridgehead atoms. The Balaban J connectivity index is 2.85. The highest BCUT2D eigenvalue weighted by Gasteiger charge is 2.18. The summed E-state index contributed by atoms with van der Waals surface area (Å²) in [6.07, 6.45) is 2.10. The number of nitrogens with one attached hydrogen (secondary N) is 1.